The van der Waals surface area contributed by atoms with Gasteiger partial charge in [0, 0.05) is 17.3 Å². The topological polar surface area (TPSA) is 71.3 Å². The van der Waals surface area contributed by atoms with Crippen molar-refractivity contribution in [1.29, 1.82) is 0 Å². The average Bonchev–Trinajstić information content (AvgIpc) is 3.18. The molecule has 1 saturated carbocycles. The van der Waals surface area contributed by atoms with Crippen LogP contribution in [0.4, 0.5) is 5.69 Å². The number of anilines is 1. The Morgan fingerprint density at radius 3 is 2.38 bits per heavy atom. The average molecular weight is 305 g/mol. The van der Waals surface area contributed by atoms with E-state index >= 15 is 0 Å². The van der Waals surface area contributed by atoms with E-state index in [1.165, 1.54) is 12.3 Å². The molecule has 2 amide bonds. The third-order valence-electron chi connectivity index (χ3n) is 3.18. The van der Waals surface area contributed by atoms with Gasteiger partial charge in [-0.25, -0.2) is 0 Å². The van der Waals surface area contributed by atoms with Crippen molar-refractivity contribution in [3.63, 3.8) is 0 Å². The van der Waals surface area contributed by atoms with Gasteiger partial charge >= 0.3 is 0 Å². The van der Waals surface area contributed by atoms with Crippen molar-refractivity contribution in [3.8, 4) is 0 Å². The van der Waals surface area contributed by atoms with Crippen LogP contribution < -0.4 is 10.6 Å². The molecule has 21 heavy (non-hydrogen) atoms. The zero-order chi connectivity index (χ0) is 14.8. The molecule has 1 fully saturated rings. The minimum atomic E-state index is -0.357. The summed E-state index contributed by atoms with van der Waals surface area (Å²) in [7, 11) is 0. The number of halogens is 1. The summed E-state index contributed by atoms with van der Waals surface area (Å²) in [5, 5.41) is 5.64. The van der Waals surface area contributed by atoms with Crippen LogP contribution in [0.25, 0.3) is 0 Å². The lowest BCUT2D eigenvalue weighted by Gasteiger charge is -2.06. The minimum absolute atomic E-state index is 0.0490. The molecule has 1 aromatic heterocycles. The van der Waals surface area contributed by atoms with Crippen LogP contribution in [0, 0.1) is 0 Å². The molecule has 1 aromatic carbocycles. The molecule has 1 aliphatic rings. The molecule has 0 aliphatic heterocycles. The molecule has 0 radical (unpaired) electrons. The van der Waals surface area contributed by atoms with Crippen LogP contribution in [0.1, 0.15) is 33.6 Å². The van der Waals surface area contributed by atoms with Crippen LogP contribution in [0.5, 0.6) is 0 Å². The summed E-state index contributed by atoms with van der Waals surface area (Å²) < 4.78 is 4.87. The van der Waals surface area contributed by atoms with Crippen LogP contribution in [-0.2, 0) is 0 Å². The normalized spacial score (nSPS) is 13.8. The second-order valence-corrected chi connectivity index (χ2v) is 5.23. The molecule has 0 spiro atoms. The van der Waals surface area contributed by atoms with E-state index in [4.69, 9.17) is 16.0 Å². The highest BCUT2D eigenvalue weighted by Crippen LogP contribution is 2.20. The summed E-state index contributed by atoms with van der Waals surface area (Å²) >= 11 is 5.74. The Bertz CT molecular complexity index is 674. The van der Waals surface area contributed by atoms with Crippen LogP contribution in [0.15, 0.2) is 41.0 Å². The highest BCUT2D eigenvalue weighted by molar-refractivity contribution is 6.32. The van der Waals surface area contributed by atoms with Gasteiger partial charge in [-0.1, -0.05) is 0 Å². The first-order valence-electron chi connectivity index (χ1n) is 6.59. The largest absolute Gasteiger partial charge is 0.452 e. The van der Waals surface area contributed by atoms with Crippen molar-refractivity contribution in [3.05, 3.63) is 52.9 Å². The molecule has 108 valence electrons. The van der Waals surface area contributed by atoms with Crippen molar-refractivity contribution in [2.45, 2.75) is 18.9 Å². The predicted octanol–water partition coefficient (Wildman–Crippen LogP) is 3.08. The first kappa shape index (κ1) is 13.7. The monoisotopic (exact) mass is 304 g/mol. The van der Waals surface area contributed by atoms with E-state index in [9.17, 15) is 9.59 Å². The summed E-state index contributed by atoms with van der Waals surface area (Å²) in [6.45, 7) is 0. The van der Waals surface area contributed by atoms with Gasteiger partial charge in [0.1, 0.15) is 0 Å². The Morgan fingerprint density at radius 1 is 1.10 bits per heavy atom. The van der Waals surface area contributed by atoms with Crippen LogP contribution >= 0.6 is 11.6 Å². The molecular formula is C15H13ClN2O3. The van der Waals surface area contributed by atoms with Gasteiger partial charge in [-0.3, -0.25) is 9.59 Å². The third kappa shape index (κ3) is 3.25. The molecule has 0 atom stereocenters. The van der Waals surface area contributed by atoms with Crippen molar-refractivity contribution >= 4 is 29.1 Å². The van der Waals surface area contributed by atoms with Gasteiger partial charge < -0.3 is 15.1 Å². The second-order valence-electron chi connectivity index (χ2n) is 4.89. The van der Waals surface area contributed by atoms with Gasteiger partial charge in [0.05, 0.1) is 11.8 Å². The third-order valence-corrected chi connectivity index (χ3v) is 3.47. The lowest BCUT2D eigenvalue weighted by atomic mass is 10.2. The van der Waals surface area contributed by atoms with Crippen molar-refractivity contribution < 1.29 is 14.0 Å². The van der Waals surface area contributed by atoms with E-state index in [2.05, 4.69) is 10.6 Å². The van der Waals surface area contributed by atoms with Crippen LogP contribution in [0.2, 0.25) is 5.22 Å². The maximum Gasteiger partial charge on any atom is 0.260 e. The number of rotatable bonds is 4. The lowest BCUT2D eigenvalue weighted by Crippen LogP contribution is -2.25. The fourth-order valence-corrected chi connectivity index (χ4v) is 2.06. The summed E-state index contributed by atoms with van der Waals surface area (Å²) in [5.74, 6) is -0.447. The van der Waals surface area contributed by atoms with E-state index in [0.29, 0.717) is 17.3 Å². The quantitative estimate of drug-likeness (QED) is 0.912. The van der Waals surface area contributed by atoms with Gasteiger partial charge in [-0.15, -0.1) is 0 Å². The zero-order valence-corrected chi connectivity index (χ0v) is 11.8. The smallest absolute Gasteiger partial charge is 0.260 e. The number of nitrogens with one attached hydrogen (secondary N) is 2. The Morgan fingerprint density at radius 2 is 1.81 bits per heavy atom. The number of furan rings is 1. The fraction of sp³-hybridized carbons (Fsp3) is 0.200. The van der Waals surface area contributed by atoms with Gasteiger partial charge in [0.2, 0.25) is 5.22 Å². The van der Waals surface area contributed by atoms with E-state index in [-0.39, 0.29) is 22.6 Å². The van der Waals surface area contributed by atoms with E-state index in [1.807, 2.05) is 0 Å². The number of amides is 2. The predicted molar refractivity (Wildman–Crippen MR) is 78.6 cm³/mol. The summed E-state index contributed by atoms with van der Waals surface area (Å²) in [4.78, 5) is 23.8. The molecule has 1 aliphatic carbocycles. The van der Waals surface area contributed by atoms with Crippen molar-refractivity contribution in [2.24, 2.45) is 0 Å². The molecule has 0 bridgehead atoms. The summed E-state index contributed by atoms with van der Waals surface area (Å²) in [6.07, 6.45) is 3.44. The lowest BCUT2D eigenvalue weighted by molar-refractivity contribution is 0.0950. The first-order valence-corrected chi connectivity index (χ1v) is 6.96. The van der Waals surface area contributed by atoms with E-state index in [0.717, 1.165) is 12.8 Å². The molecule has 3 rings (SSSR count). The molecule has 2 aromatic rings. The summed E-state index contributed by atoms with van der Waals surface area (Å²) in [5.41, 5.74) is 1.42. The number of carbonyl (C=O) groups excluding carboxylic acids is 2. The molecular weight excluding hydrogens is 292 g/mol. The standard InChI is InChI=1S/C15H13ClN2O3/c16-13-12(7-8-21-13)15(20)18-10-3-1-9(2-4-10)14(19)17-11-5-6-11/h1-4,7-8,11H,5-6H2,(H,17,19)(H,18,20). The maximum atomic E-state index is 11.9. The van der Waals surface area contributed by atoms with Gasteiger partial charge in [-0.2, -0.15) is 0 Å². The second kappa shape index (κ2) is 5.61. The van der Waals surface area contributed by atoms with Crippen LogP contribution in [-0.4, -0.2) is 17.9 Å². The number of hydrogen-bond donors (Lipinski definition) is 2. The van der Waals surface area contributed by atoms with Gasteiger partial charge in [0.15, 0.2) is 0 Å². The van der Waals surface area contributed by atoms with Crippen molar-refractivity contribution in [1.82, 2.24) is 5.32 Å². The van der Waals surface area contributed by atoms with Crippen molar-refractivity contribution in [2.75, 3.05) is 5.32 Å². The Labute approximate surface area is 126 Å². The van der Waals surface area contributed by atoms with Gasteiger partial charge in [0.25, 0.3) is 11.8 Å². The SMILES string of the molecule is O=C(NC1CC1)c1ccc(NC(=O)c2ccoc2Cl)cc1. The fourth-order valence-electron chi connectivity index (χ4n) is 1.86. The highest BCUT2D eigenvalue weighted by atomic mass is 35.5. The summed E-state index contributed by atoms with van der Waals surface area (Å²) in [6, 6.07) is 8.51. The van der Waals surface area contributed by atoms with E-state index in [1.54, 1.807) is 24.3 Å². The molecule has 0 saturated heterocycles. The molecule has 5 nitrogen and oxygen atoms in total. The molecule has 1 heterocycles. The molecule has 6 heteroatoms. The minimum Gasteiger partial charge on any atom is -0.452 e. The first-order chi connectivity index (χ1) is 10.1. The highest BCUT2D eigenvalue weighted by Gasteiger charge is 2.23. The zero-order valence-electron chi connectivity index (χ0n) is 11.1. The van der Waals surface area contributed by atoms with Crippen LogP contribution in [0.3, 0.4) is 0 Å². The number of hydrogen-bond acceptors (Lipinski definition) is 3. The Hall–Kier alpha value is -2.27. The number of benzene rings is 1. The molecule has 2 N–H and O–H groups in total. The van der Waals surface area contributed by atoms with E-state index < -0.39 is 0 Å². The Balaban J connectivity index is 1.65. The molecule has 0 unspecified atom stereocenters. The maximum absolute atomic E-state index is 11.9. The number of carbonyl (C=O) groups is 2. The van der Waals surface area contributed by atoms with Gasteiger partial charge in [-0.05, 0) is 54.8 Å². The Kier molecular flexibility index (Phi) is 3.66.